The summed E-state index contributed by atoms with van der Waals surface area (Å²) >= 11 is 4.15. The van der Waals surface area contributed by atoms with Crippen LogP contribution < -0.4 is 0 Å². The normalized spacial score (nSPS) is 11.1. The standard InChI is InChI=1S/C9H22O3SSi/c1-3-10-14(11-4-2)12-8-6-5-7-9-13/h13-14H,3-9H2,1-2H3. The average Bonchev–Trinajstić information content (AvgIpc) is 2.18. The molecule has 0 amide bonds. The molecule has 0 aliphatic rings. The molecule has 0 radical (unpaired) electrons. The van der Waals surface area contributed by atoms with Crippen LogP contribution in [0, 0.1) is 0 Å². The Morgan fingerprint density at radius 1 is 0.929 bits per heavy atom. The second kappa shape index (κ2) is 11.5. The Labute approximate surface area is 94.5 Å². The Morgan fingerprint density at radius 3 is 2.07 bits per heavy atom. The second-order valence-electron chi connectivity index (χ2n) is 2.85. The van der Waals surface area contributed by atoms with Gasteiger partial charge < -0.3 is 13.3 Å². The number of rotatable bonds is 10. The van der Waals surface area contributed by atoms with E-state index < -0.39 is 9.53 Å². The third kappa shape index (κ3) is 9.02. The fourth-order valence-electron chi connectivity index (χ4n) is 0.987. The van der Waals surface area contributed by atoms with Crippen LogP contribution in [0.1, 0.15) is 33.1 Å². The van der Waals surface area contributed by atoms with Gasteiger partial charge in [0.05, 0.1) is 0 Å². The van der Waals surface area contributed by atoms with Gasteiger partial charge in [-0.25, -0.2) is 0 Å². The van der Waals surface area contributed by atoms with Gasteiger partial charge in [-0.2, -0.15) is 12.6 Å². The fourth-order valence-corrected chi connectivity index (χ4v) is 2.40. The number of unbranched alkanes of at least 4 members (excludes halogenated alkanes) is 2. The van der Waals surface area contributed by atoms with Crippen LogP contribution >= 0.6 is 12.6 Å². The first-order chi connectivity index (χ1) is 6.85. The molecule has 0 aliphatic carbocycles. The van der Waals surface area contributed by atoms with Crippen LogP contribution in [-0.4, -0.2) is 35.1 Å². The molecule has 0 saturated carbocycles. The summed E-state index contributed by atoms with van der Waals surface area (Å²) in [6, 6.07) is 0. The molecule has 0 aliphatic heterocycles. The van der Waals surface area contributed by atoms with Gasteiger partial charge in [-0.15, -0.1) is 0 Å². The van der Waals surface area contributed by atoms with Crippen molar-refractivity contribution in [2.75, 3.05) is 25.6 Å². The molecule has 3 nitrogen and oxygen atoms in total. The van der Waals surface area contributed by atoms with Crippen molar-refractivity contribution in [3.05, 3.63) is 0 Å². The van der Waals surface area contributed by atoms with Gasteiger partial charge in [0.1, 0.15) is 0 Å². The van der Waals surface area contributed by atoms with Crippen LogP contribution in [0.3, 0.4) is 0 Å². The molecule has 0 heterocycles. The lowest BCUT2D eigenvalue weighted by molar-refractivity contribution is 0.100. The Balaban J connectivity index is 3.30. The second-order valence-corrected chi connectivity index (χ2v) is 4.88. The topological polar surface area (TPSA) is 27.7 Å². The Kier molecular flexibility index (Phi) is 11.9. The highest BCUT2D eigenvalue weighted by molar-refractivity contribution is 7.80. The maximum absolute atomic E-state index is 5.54. The zero-order valence-electron chi connectivity index (χ0n) is 9.20. The summed E-state index contributed by atoms with van der Waals surface area (Å²) in [5.74, 6) is 0.956. The van der Waals surface area contributed by atoms with Gasteiger partial charge in [-0.3, -0.25) is 0 Å². The SMILES string of the molecule is CCO[SiH](OCC)OCCCCCS. The van der Waals surface area contributed by atoms with Crippen LogP contribution in [0.4, 0.5) is 0 Å². The highest BCUT2D eigenvalue weighted by Crippen LogP contribution is 2.00. The van der Waals surface area contributed by atoms with Crippen LogP contribution in [-0.2, 0) is 13.3 Å². The summed E-state index contributed by atoms with van der Waals surface area (Å²) in [4.78, 5) is 0. The molecule has 0 saturated heterocycles. The monoisotopic (exact) mass is 238 g/mol. The first-order valence-electron chi connectivity index (χ1n) is 5.30. The van der Waals surface area contributed by atoms with Crippen molar-refractivity contribution >= 4 is 22.2 Å². The molecule has 0 aromatic heterocycles. The molecule has 0 N–H and O–H groups in total. The first kappa shape index (κ1) is 14.4. The van der Waals surface area contributed by atoms with Crippen LogP contribution in [0.25, 0.3) is 0 Å². The Bertz CT molecular complexity index is 110. The van der Waals surface area contributed by atoms with Gasteiger partial charge in [0.25, 0.3) is 0 Å². The van der Waals surface area contributed by atoms with Gasteiger partial charge in [-0.1, -0.05) is 6.42 Å². The minimum atomic E-state index is -1.80. The largest absolute Gasteiger partial charge is 0.484 e. The van der Waals surface area contributed by atoms with Crippen LogP contribution in [0.15, 0.2) is 0 Å². The van der Waals surface area contributed by atoms with E-state index in [-0.39, 0.29) is 0 Å². The molecule has 0 aromatic rings. The third-order valence-corrected chi connectivity index (χ3v) is 3.70. The molecule has 0 spiro atoms. The molecule has 0 unspecified atom stereocenters. The van der Waals surface area contributed by atoms with Gasteiger partial charge in [-0.05, 0) is 32.4 Å². The molecular weight excluding hydrogens is 216 g/mol. The van der Waals surface area contributed by atoms with E-state index >= 15 is 0 Å². The molecule has 5 heteroatoms. The van der Waals surface area contributed by atoms with E-state index in [1.807, 2.05) is 13.8 Å². The van der Waals surface area contributed by atoms with Crippen molar-refractivity contribution < 1.29 is 13.3 Å². The summed E-state index contributed by atoms with van der Waals surface area (Å²) in [6.45, 7) is 6.03. The summed E-state index contributed by atoms with van der Waals surface area (Å²) < 4.78 is 16.3. The summed E-state index contributed by atoms with van der Waals surface area (Å²) in [7, 11) is -1.80. The Hall–Kier alpha value is 0.447. The summed E-state index contributed by atoms with van der Waals surface area (Å²) in [5, 5.41) is 0. The number of hydrogen-bond donors (Lipinski definition) is 1. The molecule has 0 rings (SSSR count). The minimum Gasteiger partial charge on any atom is -0.376 e. The highest BCUT2D eigenvalue weighted by atomic mass is 32.1. The van der Waals surface area contributed by atoms with E-state index in [4.69, 9.17) is 13.3 Å². The van der Waals surface area contributed by atoms with E-state index in [1.165, 1.54) is 6.42 Å². The molecule has 0 bridgehead atoms. The van der Waals surface area contributed by atoms with Crippen molar-refractivity contribution in [1.29, 1.82) is 0 Å². The predicted octanol–water partition coefficient (Wildman–Crippen LogP) is 1.89. The zero-order valence-corrected chi connectivity index (χ0v) is 11.2. The summed E-state index contributed by atoms with van der Waals surface area (Å²) in [6.07, 6.45) is 3.40. The van der Waals surface area contributed by atoms with Crippen molar-refractivity contribution in [2.45, 2.75) is 33.1 Å². The van der Waals surface area contributed by atoms with Crippen molar-refractivity contribution in [3.63, 3.8) is 0 Å². The minimum absolute atomic E-state index is 0.674. The van der Waals surface area contributed by atoms with E-state index in [2.05, 4.69) is 12.6 Å². The molecule has 0 aromatic carbocycles. The molecule has 86 valence electrons. The van der Waals surface area contributed by atoms with Crippen LogP contribution in [0.2, 0.25) is 0 Å². The van der Waals surface area contributed by atoms with E-state index in [0.717, 1.165) is 25.2 Å². The van der Waals surface area contributed by atoms with Crippen molar-refractivity contribution in [1.82, 2.24) is 0 Å². The maximum atomic E-state index is 5.54. The lowest BCUT2D eigenvalue weighted by Gasteiger charge is -2.14. The molecule has 14 heavy (non-hydrogen) atoms. The van der Waals surface area contributed by atoms with E-state index in [1.54, 1.807) is 0 Å². The molecule has 0 atom stereocenters. The smallest absolute Gasteiger partial charge is 0.376 e. The van der Waals surface area contributed by atoms with Crippen molar-refractivity contribution in [3.8, 4) is 0 Å². The molecular formula is C9H22O3SSi. The van der Waals surface area contributed by atoms with E-state index in [9.17, 15) is 0 Å². The molecule has 0 fully saturated rings. The van der Waals surface area contributed by atoms with E-state index in [0.29, 0.717) is 13.2 Å². The maximum Gasteiger partial charge on any atom is 0.484 e. The number of hydrogen-bond acceptors (Lipinski definition) is 4. The van der Waals surface area contributed by atoms with Gasteiger partial charge >= 0.3 is 9.53 Å². The fraction of sp³-hybridized carbons (Fsp3) is 1.00. The average molecular weight is 238 g/mol. The first-order valence-corrected chi connectivity index (χ1v) is 7.35. The van der Waals surface area contributed by atoms with Gasteiger partial charge in [0.15, 0.2) is 0 Å². The Morgan fingerprint density at radius 2 is 1.57 bits per heavy atom. The highest BCUT2D eigenvalue weighted by Gasteiger charge is 2.12. The summed E-state index contributed by atoms with van der Waals surface area (Å²) in [5.41, 5.74) is 0. The van der Waals surface area contributed by atoms with Gasteiger partial charge in [0, 0.05) is 19.8 Å². The van der Waals surface area contributed by atoms with Crippen molar-refractivity contribution in [2.24, 2.45) is 0 Å². The zero-order chi connectivity index (χ0) is 10.6. The lowest BCUT2D eigenvalue weighted by atomic mass is 10.3. The van der Waals surface area contributed by atoms with Crippen LogP contribution in [0.5, 0.6) is 0 Å². The van der Waals surface area contributed by atoms with Gasteiger partial charge in [0.2, 0.25) is 0 Å². The third-order valence-electron chi connectivity index (χ3n) is 1.66. The quantitative estimate of drug-likeness (QED) is 0.358. The lowest BCUT2D eigenvalue weighted by Crippen LogP contribution is -2.27. The predicted molar refractivity (Wildman–Crippen MR) is 64.1 cm³/mol. The number of thiol groups is 1.